The smallest absolute Gasteiger partial charge is 0.119 e. The van der Waals surface area contributed by atoms with Crippen LogP contribution in [0.3, 0.4) is 0 Å². The molecule has 0 saturated carbocycles. The molecule has 0 radical (unpaired) electrons. The molecule has 0 bridgehead atoms. The summed E-state index contributed by atoms with van der Waals surface area (Å²) in [6.07, 6.45) is -2.59. The van der Waals surface area contributed by atoms with Crippen molar-refractivity contribution in [3.8, 4) is 0 Å². The Balaban J connectivity index is 2.52. The lowest BCUT2D eigenvalue weighted by atomic mass is 10.0. The lowest BCUT2D eigenvalue weighted by Crippen LogP contribution is -2.49. The lowest BCUT2D eigenvalue weighted by molar-refractivity contribution is -0.405. The van der Waals surface area contributed by atoms with Gasteiger partial charge in [-0.2, -0.15) is 0 Å². The molecule has 1 aliphatic heterocycles. The van der Waals surface area contributed by atoms with Gasteiger partial charge in [0.25, 0.3) is 0 Å². The van der Waals surface area contributed by atoms with Gasteiger partial charge < -0.3 is 10.2 Å². The van der Waals surface area contributed by atoms with Crippen LogP contribution in [0.2, 0.25) is 0 Å². The number of rotatable bonds is 0. The molecule has 1 rings (SSSR count). The minimum absolute atomic E-state index is 0.453. The second-order valence-corrected chi connectivity index (χ2v) is 2.58. The first-order valence-corrected chi connectivity index (χ1v) is 3.31. The van der Waals surface area contributed by atoms with Crippen LogP contribution in [0, 0.1) is 0 Å². The molecule has 4 nitrogen and oxygen atoms in total. The Morgan fingerprint density at radius 2 is 1.20 bits per heavy atom. The van der Waals surface area contributed by atoms with E-state index in [1.165, 1.54) is 0 Å². The van der Waals surface area contributed by atoms with E-state index in [0.717, 1.165) is 0 Å². The number of hydrogen-bond donors (Lipinski definition) is 2. The predicted molar refractivity (Wildman–Crippen MR) is 33.1 cm³/mol. The summed E-state index contributed by atoms with van der Waals surface area (Å²) in [5.41, 5.74) is 0. The molecule has 60 valence electrons. The molecule has 1 heterocycles. The van der Waals surface area contributed by atoms with Crippen LogP contribution in [0.25, 0.3) is 0 Å². The molecular weight excluding hydrogens is 136 g/mol. The van der Waals surface area contributed by atoms with Gasteiger partial charge in [0, 0.05) is 0 Å². The van der Waals surface area contributed by atoms with Crippen LogP contribution in [-0.4, -0.2) is 34.6 Å². The average molecular weight is 148 g/mol. The molecule has 1 saturated heterocycles. The quantitative estimate of drug-likeness (QED) is 0.452. The zero-order valence-corrected chi connectivity index (χ0v) is 6.02. The SMILES string of the molecule is CC1OOC(C)C(O)C1O. The van der Waals surface area contributed by atoms with E-state index in [1.54, 1.807) is 13.8 Å². The highest BCUT2D eigenvalue weighted by atomic mass is 17.2. The largest absolute Gasteiger partial charge is 0.387 e. The van der Waals surface area contributed by atoms with E-state index in [-0.39, 0.29) is 0 Å². The van der Waals surface area contributed by atoms with Crippen LogP contribution in [-0.2, 0) is 9.78 Å². The Morgan fingerprint density at radius 3 is 1.50 bits per heavy atom. The summed E-state index contributed by atoms with van der Waals surface area (Å²) < 4.78 is 0. The fourth-order valence-corrected chi connectivity index (χ4v) is 0.844. The number of aliphatic hydroxyl groups excluding tert-OH is 2. The molecule has 1 aliphatic rings. The molecule has 10 heavy (non-hydrogen) atoms. The number of hydrogen-bond acceptors (Lipinski definition) is 4. The molecule has 0 aromatic heterocycles. The van der Waals surface area contributed by atoms with Crippen molar-refractivity contribution in [3.63, 3.8) is 0 Å². The van der Waals surface area contributed by atoms with Gasteiger partial charge in [-0.3, -0.25) is 0 Å². The van der Waals surface area contributed by atoms with E-state index in [2.05, 4.69) is 9.78 Å². The Bertz CT molecular complexity index is 102. The van der Waals surface area contributed by atoms with Gasteiger partial charge in [-0.15, -0.1) is 0 Å². The third-order valence-electron chi connectivity index (χ3n) is 1.67. The van der Waals surface area contributed by atoms with Crippen molar-refractivity contribution in [2.24, 2.45) is 0 Å². The van der Waals surface area contributed by atoms with Crippen LogP contribution in [0.4, 0.5) is 0 Å². The zero-order chi connectivity index (χ0) is 7.72. The molecule has 2 N–H and O–H groups in total. The van der Waals surface area contributed by atoms with E-state index in [0.29, 0.717) is 0 Å². The first-order chi connectivity index (χ1) is 4.63. The zero-order valence-electron chi connectivity index (χ0n) is 6.02. The molecule has 0 aromatic rings. The first kappa shape index (κ1) is 7.94. The fraction of sp³-hybridized carbons (Fsp3) is 1.00. The Kier molecular flexibility index (Phi) is 2.25. The summed E-state index contributed by atoms with van der Waals surface area (Å²) in [6, 6.07) is 0. The maximum absolute atomic E-state index is 9.16. The standard InChI is InChI=1S/C6H12O4/c1-3-5(7)6(8)4(2)10-9-3/h3-8H,1-2H3. The molecular formula is C6H12O4. The highest BCUT2D eigenvalue weighted by molar-refractivity contribution is 4.79. The molecule has 0 aromatic carbocycles. The second kappa shape index (κ2) is 2.84. The molecule has 4 atom stereocenters. The van der Waals surface area contributed by atoms with Crippen molar-refractivity contribution >= 4 is 0 Å². The molecule has 4 heteroatoms. The Hall–Kier alpha value is -0.160. The second-order valence-electron chi connectivity index (χ2n) is 2.58. The maximum Gasteiger partial charge on any atom is 0.119 e. The Labute approximate surface area is 59.3 Å². The summed E-state index contributed by atoms with van der Waals surface area (Å²) in [6.45, 7) is 3.28. The van der Waals surface area contributed by atoms with Gasteiger partial charge in [0.05, 0.1) is 0 Å². The molecule has 4 unspecified atom stereocenters. The highest BCUT2D eigenvalue weighted by Crippen LogP contribution is 2.16. The first-order valence-electron chi connectivity index (χ1n) is 3.31. The van der Waals surface area contributed by atoms with E-state index >= 15 is 0 Å². The van der Waals surface area contributed by atoms with E-state index in [4.69, 9.17) is 10.2 Å². The normalized spacial score (nSPS) is 49.2. The molecule has 0 amide bonds. The van der Waals surface area contributed by atoms with Gasteiger partial charge in [-0.1, -0.05) is 0 Å². The minimum Gasteiger partial charge on any atom is -0.387 e. The third kappa shape index (κ3) is 1.29. The third-order valence-corrected chi connectivity index (χ3v) is 1.67. The van der Waals surface area contributed by atoms with Crippen molar-refractivity contribution in [3.05, 3.63) is 0 Å². The van der Waals surface area contributed by atoms with E-state index < -0.39 is 24.4 Å². The maximum atomic E-state index is 9.16. The van der Waals surface area contributed by atoms with E-state index in [9.17, 15) is 0 Å². The Morgan fingerprint density at radius 1 is 0.900 bits per heavy atom. The van der Waals surface area contributed by atoms with Crippen molar-refractivity contribution in [1.82, 2.24) is 0 Å². The minimum atomic E-state index is -0.844. The van der Waals surface area contributed by atoms with Gasteiger partial charge in [0.1, 0.15) is 24.4 Å². The summed E-state index contributed by atoms with van der Waals surface area (Å²) in [5, 5.41) is 18.3. The van der Waals surface area contributed by atoms with Crippen molar-refractivity contribution in [1.29, 1.82) is 0 Å². The van der Waals surface area contributed by atoms with Crippen molar-refractivity contribution in [2.75, 3.05) is 0 Å². The predicted octanol–water partition coefficient (Wildman–Crippen LogP) is -0.553. The van der Waals surface area contributed by atoms with Gasteiger partial charge in [-0.05, 0) is 13.8 Å². The average Bonchev–Trinajstić information content (AvgIpc) is 1.93. The van der Waals surface area contributed by atoms with Crippen LogP contribution < -0.4 is 0 Å². The van der Waals surface area contributed by atoms with Gasteiger partial charge in [0.15, 0.2) is 0 Å². The summed E-state index contributed by atoms with van der Waals surface area (Å²) in [5.74, 6) is 0. The summed E-state index contributed by atoms with van der Waals surface area (Å²) in [4.78, 5) is 9.33. The molecule has 0 aliphatic carbocycles. The van der Waals surface area contributed by atoms with Gasteiger partial charge in [-0.25, -0.2) is 9.78 Å². The molecule has 1 fully saturated rings. The monoisotopic (exact) mass is 148 g/mol. The summed E-state index contributed by atoms with van der Waals surface area (Å²) >= 11 is 0. The van der Waals surface area contributed by atoms with Crippen molar-refractivity contribution < 1.29 is 20.0 Å². The molecule has 0 spiro atoms. The highest BCUT2D eigenvalue weighted by Gasteiger charge is 2.34. The van der Waals surface area contributed by atoms with Gasteiger partial charge >= 0.3 is 0 Å². The summed E-state index contributed by atoms with van der Waals surface area (Å²) in [7, 11) is 0. The van der Waals surface area contributed by atoms with Crippen LogP contribution >= 0.6 is 0 Å². The van der Waals surface area contributed by atoms with Crippen LogP contribution in [0.1, 0.15) is 13.8 Å². The topological polar surface area (TPSA) is 58.9 Å². The fourth-order valence-electron chi connectivity index (χ4n) is 0.844. The van der Waals surface area contributed by atoms with Gasteiger partial charge in [0.2, 0.25) is 0 Å². The van der Waals surface area contributed by atoms with Crippen LogP contribution in [0.5, 0.6) is 0 Å². The lowest BCUT2D eigenvalue weighted by Gasteiger charge is -2.32. The van der Waals surface area contributed by atoms with E-state index in [1.807, 2.05) is 0 Å². The van der Waals surface area contributed by atoms with Crippen molar-refractivity contribution in [2.45, 2.75) is 38.3 Å². The number of aliphatic hydroxyl groups is 2. The van der Waals surface area contributed by atoms with Crippen LogP contribution in [0.15, 0.2) is 0 Å².